The molecule has 4 aliphatic rings. The normalized spacial score (nSPS) is 46.9. The molecule has 0 saturated carbocycles. The first-order valence-electron chi connectivity index (χ1n) is 8.50. The Morgan fingerprint density at radius 3 is 2.58 bits per heavy atom. The van der Waals surface area contributed by atoms with E-state index in [1.165, 1.54) is 64.6 Å². The molecule has 4 heterocycles. The maximum Gasteiger partial charge on any atom is 0.0250 e. The van der Waals surface area contributed by atoms with Gasteiger partial charge in [0.25, 0.3) is 0 Å². The molecule has 3 nitrogen and oxygen atoms in total. The Morgan fingerprint density at radius 2 is 1.79 bits per heavy atom. The van der Waals surface area contributed by atoms with Crippen molar-refractivity contribution in [2.45, 2.75) is 69.1 Å². The van der Waals surface area contributed by atoms with E-state index in [9.17, 15) is 0 Å². The molecule has 4 aliphatic heterocycles. The summed E-state index contributed by atoms with van der Waals surface area (Å²) in [5.74, 6) is 0.948. The van der Waals surface area contributed by atoms with Crippen molar-refractivity contribution >= 4 is 0 Å². The van der Waals surface area contributed by atoms with E-state index in [2.05, 4.69) is 22.2 Å². The smallest absolute Gasteiger partial charge is 0.0250 e. The molecular formula is C16H29N3. The third-order valence-electron chi connectivity index (χ3n) is 6.47. The first kappa shape index (κ1) is 12.6. The highest BCUT2D eigenvalue weighted by Crippen LogP contribution is 2.37. The molecule has 4 fully saturated rings. The highest BCUT2D eigenvalue weighted by molar-refractivity contribution is 4.98. The topological polar surface area (TPSA) is 18.5 Å². The van der Waals surface area contributed by atoms with Crippen molar-refractivity contribution in [1.29, 1.82) is 0 Å². The van der Waals surface area contributed by atoms with Gasteiger partial charge in [-0.25, -0.2) is 0 Å². The first-order chi connectivity index (χ1) is 9.31. The van der Waals surface area contributed by atoms with Crippen LogP contribution in [0.2, 0.25) is 0 Å². The molecule has 0 amide bonds. The molecule has 4 saturated heterocycles. The van der Waals surface area contributed by atoms with Crippen LogP contribution in [0.15, 0.2) is 0 Å². The molecule has 4 unspecified atom stereocenters. The average molecular weight is 263 g/mol. The van der Waals surface area contributed by atoms with Crippen LogP contribution in [-0.2, 0) is 0 Å². The molecule has 0 aromatic carbocycles. The first-order valence-corrected chi connectivity index (χ1v) is 8.50. The molecule has 2 bridgehead atoms. The zero-order valence-corrected chi connectivity index (χ0v) is 12.4. The molecule has 0 aromatic heterocycles. The van der Waals surface area contributed by atoms with Crippen LogP contribution in [0.4, 0.5) is 0 Å². The van der Waals surface area contributed by atoms with Crippen molar-refractivity contribution < 1.29 is 0 Å². The Hall–Kier alpha value is -0.120. The van der Waals surface area contributed by atoms with Crippen molar-refractivity contribution in [2.75, 3.05) is 26.7 Å². The minimum atomic E-state index is 0.805. The summed E-state index contributed by atoms with van der Waals surface area (Å²) in [5, 5.41) is 3.95. The number of nitrogens with one attached hydrogen (secondary N) is 1. The maximum absolute atomic E-state index is 3.95. The zero-order chi connectivity index (χ0) is 12.8. The molecular weight excluding hydrogens is 234 g/mol. The number of piperidine rings is 1. The van der Waals surface area contributed by atoms with Gasteiger partial charge in [0.05, 0.1) is 0 Å². The largest absolute Gasteiger partial charge is 0.312 e. The standard InChI is InChI=1S/C16H29N3/c1-18-13-4-5-14(18)10-12(9-13)11-17-15-6-8-19-7-2-3-16(15)19/h12-17H,2-11H2,1H3. The molecule has 108 valence electrons. The summed E-state index contributed by atoms with van der Waals surface area (Å²) in [4.78, 5) is 5.38. The quantitative estimate of drug-likeness (QED) is 0.836. The van der Waals surface area contributed by atoms with Crippen LogP contribution in [0.25, 0.3) is 0 Å². The van der Waals surface area contributed by atoms with Crippen molar-refractivity contribution in [3.8, 4) is 0 Å². The molecule has 0 aromatic rings. The van der Waals surface area contributed by atoms with Gasteiger partial charge in [-0.2, -0.15) is 0 Å². The van der Waals surface area contributed by atoms with E-state index >= 15 is 0 Å². The van der Waals surface area contributed by atoms with Gasteiger partial charge in [0.2, 0.25) is 0 Å². The van der Waals surface area contributed by atoms with Crippen LogP contribution in [0.1, 0.15) is 44.9 Å². The van der Waals surface area contributed by atoms with Crippen LogP contribution in [0.5, 0.6) is 0 Å². The lowest BCUT2D eigenvalue weighted by Gasteiger charge is -2.37. The van der Waals surface area contributed by atoms with Crippen molar-refractivity contribution in [2.24, 2.45) is 5.92 Å². The minimum absolute atomic E-state index is 0.805. The van der Waals surface area contributed by atoms with Gasteiger partial charge in [-0.15, -0.1) is 0 Å². The number of rotatable bonds is 3. The van der Waals surface area contributed by atoms with Gasteiger partial charge >= 0.3 is 0 Å². The maximum atomic E-state index is 3.95. The van der Waals surface area contributed by atoms with Crippen LogP contribution < -0.4 is 5.32 Å². The van der Waals surface area contributed by atoms with Crippen LogP contribution in [-0.4, -0.2) is 60.6 Å². The fourth-order valence-electron chi connectivity index (χ4n) is 5.33. The third-order valence-corrected chi connectivity index (χ3v) is 6.47. The Bertz CT molecular complexity index is 318. The van der Waals surface area contributed by atoms with E-state index in [1.54, 1.807) is 0 Å². The van der Waals surface area contributed by atoms with Gasteiger partial charge in [-0.3, -0.25) is 4.90 Å². The molecule has 4 rings (SSSR count). The minimum Gasteiger partial charge on any atom is -0.312 e. The summed E-state index contributed by atoms with van der Waals surface area (Å²) < 4.78 is 0. The van der Waals surface area contributed by atoms with Crippen molar-refractivity contribution in [3.05, 3.63) is 0 Å². The van der Waals surface area contributed by atoms with Crippen LogP contribution >= 0.6 is 0 Å². The van der Waals surface area contributed by atoms with Crippen LogP contribution in [0, 0.1) is 5.92 Å². The fraction of sp³-hybridized carbons (Fsp3) is 1.00. The van der Waals surface area contributed by atoms with E-state index in [4.69, 9.17) is 0 Å². The number of hydrogen-bond acceptors (Lipinski definition) is 3. The second kappa shape index (κ2) is 5.01. The molecule has 0 spiro atoms. The number of fused-ring (bicyclic) bond motifs is 3. The highest BCUT2D eigenvalue weighted by atomic mass is 15.2. The lowest BCUT2D eigenvalue weighted by Crippen LogP contribution is -2.46. The van der Waals surface area contributed by atoms with E-state index < -0.39 is 0 Å². The molecule has 1 N–H and O–H groups in total. The lowest BCUT2D eigenvalue weighted by atomic mass is 9.90. The zero-order valence-electron chi connectivity index (χ0n) is 12.4. The summed E-state index contributed by atoms with van der Waals surface area (Å²) in [6.07, 6.45) is 10.1. The second-order valence-corrected chi connectivity index (χ2v) is 7.44. The van der Waals surface area contributed by atoms with Gasteiger partial charge in [-0.1, -0.05) is 0 Å². The number of hydrogen-bond donors (Lipinski definition) is 1. The predicted molar refractivity (Wildman–Crippen MR) is 78.3 cm³/mol. The Kier molecular flexibility index (Phi) is 3.33. The fourth-order valence-corrected chi connectivity index (χ4v) is 5.33. The highest BCUT2D eigenvalue weighted by Gasteiger charge is 2.40. The van der Waals surface area contributed by atoms with E-state index in [0.29, 0.717) is 0 Å². The van der Waals surface area contributed by atoms with Gasteiger partial charge in [0, 0.05) is 30.7 Å². The number of nitrogens with zero attached hydrogens (tertiary/aromatic N) is 2. The van der Waals surface area contributed by atoms with Crippen molar-refractivity contribution in [1.82, 2.24) is 15.1 Å². The van der Waals surface area contributed by atoms with Gasteiger partial charge in [-0.05, 0) is 71.0 Å². The third kappa shape index (κ3) is 2.24. The van der Waals surface area contributed by atoms with Gasteiger partial charge in [0.15, 0.2) is 0 Å². The van der Waals surface area contributed by atoms with Crippen molar-refractivity contribution in [3.63, 3.8) is 0 Å². The van der Waals surface area contributed by atoms with E-state index in [0.717, 1.165) is 30.1 Å². The van der Waals surface area contributed by atoms with E-state index in [1.807, 2.05) is 0 Å². The Balaban J connectivity index is 1.29. The summed E-state index contributed by atoms with van der Waals surface area (Å²) in [6.45, 7) is 4.00. The SMILES string of the molecule is CN1C2CCC1CC(CNC1CCN3CCCC13)C2. The molecule has 3 heteroatoms. The lowest BCUT2D eigenvalue weighted by molar-refractivity contribution is 0.130. The van der Waals surface area contributed by atoms with Gasteiger partial charge in [0.1, 0.15) is 0 Å². The molecule has 0 aliphatic carbocycles. The Morgan fingerprint density at radius 1 is 1.00 bits per heavy atom. The summed E-state index contributed by atoms with van der Waals surface area (Å²) >= 11 is 0. The molecule has 4 atom stereocenters. The van der Waals surface area contributed by atoms with Crippen LogP contribution in [0.3, 0.4) is 0 Å². The Labute approximate surface area is 117 Å². The summed E-state index contributed by atoms with van der Waals surface area (Å²) in [5.41, 5.74) is 0. The predicted octanol–water partition coefficient (Wildman–Crippen LogP) is 1.69. The molecule has 19 heavy (non-hydrogen) atoms. The molecule has 0 radical (unpaired) electrons. The second-order valence-electron chi connectivity index (χ2n) is 7.44. The monoisotopic (exact) mass is 263 g/mol. The summed E-state index contributed by atoms with van der Waals surface area (Å²) in [7, 11) is 2.35. The summed E-state index contributed by atoms with van der Waals surface area (Å²) in [6, 6.07) is 3.48. The average Bonchev–Trinajstić information content (AvgIpc) is 3.03. The van der Waals surface area contributed by atoms with Gasteiger partial charge < -0.3 is 10.2 Å². The van der Waals surface area contributed by atoms with E-state index in [-0.39, 0.29) is 0 Å².